The van der Waals surface area contributed by atoms with Gasteiger partial charge in [0.1, 0.15) is 5.71 Å². The molecule has 1 heterocycles. The molecule has 0 aliphatic heterocycles. The number of nitrogens with zero attached hydrogens (tertiary/aromatic N) is 3. The molecular weight excluding hydrogens is 326 g/mol. The van der Waals surface area contributed by atoms with Crippen LogP contribution in [0.2, 0.25) is 0 Å². The molecule has 0 radical (unpaired) electrons. The van der Waals surface area contributed by atoms with Gasteiger partial charge in [-0.05, 0) is 47.9 Å². The van der Waals surface area contributed by atoms with Gasteiger partial charge >= 0.3 is 0 Å². The van der Waals surface area contributed by atoms with E-state index in [0.29, 0.717) is 5.75 Å². The zero-order chi connectivity index (χ0) is 18.1. The average molecular weight is 343 g/mol. The summed E-state index contributed by atoms with van der Waals surface area (Å²) in [6.07, 6.45) is 3.49. The highest BCUT2D eigenvalue weighted by molar-refractivity contribution is 6.24. The number of aryl methyl sites for hydroxylation is 1. The third-order valence-corrected chi connectivity index (χ3v) is 4.34. The molecule has 4 rings (SSSR count). The fourth-order valence-corrected chi connectivity index (χ4v) is 3.08. The number of hydrogen-bond donors (Lipinski definition) is 1. The maximum atomic E-state index is 9.67. The predicted octanol–water partition coefficient (Wildman–Crippen LogP) is 3.96. The normalized spacial score (nSPS) is 13.8. The average Bonchev–Trinajstić information content (AvgIpc) is 2.96. The summed E-state index contributed by atoms with van der Waals surface area (Å²) in [7, 11) is 1.51. The molecule has 26 heavy (non-hydrogen) atoms. The first kappa shape index (κ1) is 16.0. The van der Waals surface area contributed by atoms with Gasteiger partial charge in [-0.25, -0.2) is 0 Å². The molecule has 1 N–H and O–H groups in total. The molecule has 0 amide bonds. The second kappa shape index (κ2) is 6.44. The predicted molar refractivity (Wildman–Crippen MR) is 102 cm³/mol. The van der Waals surface area contributed by atoms with E-state index in [1.807, 2.05) is 31.3 Å². The van der Waals surface area contributed by atoms with Gasteiger partial charge in [-0.3, -0.25) is 4.98 Å². The zero-order valence-corrected chi connectivity index (χ0v) is 14.5. The number of fused-ring (bicyclic) bond motifs is 3. The van der Waals surface area contributed by atoms with Gasteiger partial charge in [0, 0.05) is 23.0 Å². The van der Waals surface area contributed by atoms with Crippen molar-refractivity contribution in [3.8, 4) is 22.6 Å². The first-order valence-electron chi connectivity index (χ1n) is 8.22. The van der Waals surface area contributed by atoms with E-state index in [4.69, 9.17) is 4.74 Å². The summed E-state index contributed by atoms with van der Waals surface area (Å²) in [6.45, 7) is 1.98. The minimum atomic E-state index is 0.0936. The minimum absolute atomic E-state index is 0.0936. The Kier molecular flexibility index (Phi) is 3.97. The van der Waals surface area contributed by atoms with Crippen molar-refractivity contribution in [2.75, 3.05) is 7.11 Å². The number of phenols is 1. The van der Waals surface area contributed by atoms with E-state index in [1.54, 1.807) is 24.4 Å². The lowest BCUT2D eigenvalue weighted by molar-refractivity contribution is 0.373. The lowest BCUT2D eigenvalue weighted by atomic mass is 10.1. The number of pyridine rings is 1. The van der Waals surface area contributed by atoms with Crippen molar-refractivity contribution in [1.29, 1.82) is 0 Å². The van der Waals surface area contributed by atoms with Crippen LogP contribution in [0.15, 0.2) is 64.9 Å². The Bertz CT molecular complexity index is 1050. The van der Waals surface area contributed by atoms with Crippen LogP contribution in [0.25, 0.3) is 11.1 Å². The van der Waals surface area contributed by atoms with Gasteiger partial charge in [0.05, 0.1) is 13.3 Å². The van der Waals surface area contributed by atoms with E-state index in [1.165, 1.54) is 7.11 Å². The van der Waals surface area contributed by atoms with Crippen LogP contribution in [0.5, 0.6) is 11.5 Å². The van der Waals surface area contributed by atoms with Gasteiger partial charge in [-0.2, -0.15) is 5.10 Å². The minimum Gasteiger partial charge on any atom is -0.504 e. The van der Waals surface area contributed by atoms with Crippen LogP contribution >= 0.6 is 0 Å². The first-order valence-corrected chi connectivity index (χ1v) is 8.22. The number of ether oxygens (including phenoxy) is 1. The van der Waals surface area contributed by atoms with Crippen molar-refractivity contribution in [1.82, 2.24) is 4.98 Å². The smallest absolute Gasteiger partial charge is 0.161 e. The summed E-state index contributed by atoms with van der Waals surface area (Å²) in [5.41, 5.74) is 6.89. The van der Waals surface area contributed by atoms with Crippen LogP contribution in [0.4, 0.5) is 0 Å². The maximum absolute atomic E-state index is 9.67. The summed E-state index contributed by atoms with van der Waals surface area (Å²) in [5.74, 6) is 0.494. The second-order valence-corrected chi connectivity index (χ2v) is 6.04. The number of hydrogen-bond acceptors (Lipinski definition) is 5. The van der Waals surface area contributed by atoms with Crippen LogP contribution < -0.4 is 4.74 Å². The molecule has 1 aliphatic rings. The Morgan fingerprint density at radius 1 is 1.00 bits per heavy atom. The Morgan fingerprint density at radius 3 is 2.62 bits per heavy atom. The lowest BCUT2D eigenvalue weighted by Crippen LogP contribution is -1.98. The fourth-order valence-electron chi connectivity index (χ4n) is 3.08. The molecule has 0 saturated heterocycles. The van der Waals surface area contributed by atoms with E-state index in [0.717, 1.165) is 39.2 Å². The molecule has 128 valence electrons. The van der Waals surface area contributed by atoms with Gasteiger partial charge < -0.3 is 9.84 Å². The van der Waals surface area contributed by atoms with E-state index < -0.39 is 0 Å². The number of phenolic OH excluding ortho intramolecular Hbond substituents is 1. The molecule has 0 saturated carbocycles. The lowest BCUT2D eigenvalue weighted by Gasteiger charge is -2.03. The standard InChI is InChI=1S/C21H17N3O2/c1-13-9-17-15-5-3-4-6-16(15)21(18(17)12-22-13)24-23-11-14-7-8-19(25)20(10-14)26-2/h3-12,25H,1-2H3/b23-11+,24-21-. The highest BCUT2D eigenvalue weighted by Crippen LogP contribution is 2.36. The highest BCUT2D eigenvalue weighted by atomic mass is 16.5. The van der Waals surface area contributed by atoms with Gasteiger partial charge in [-0.15, -0.1) is 5.10 Å². The Hall–Kier alpha value is -3.47. The molecule has 0 spiro atoms. The first-order chi connectivity index (χ1) is 12.7. The number of aromatic hydroxyl groups is 1. The number of aromatic nitrogens is 1. The second-order valence-electron chi connectivity index (χ2n) is 6.04. The summed E-state index contributed by atoms with van der Waals surface area (Å²) < 4.78 is 5.11. The fraction of sp³-hybridized carbons (Fsp3) is 0.0952. The molecule has 5 nitrogen and oxygen atoms in total. The molecule has 0 unspecified atom stereocenters. The van der Waals surface area contributed by atoms with E-state index in [9.17, 15) is 5.11 Å². The third-order valence-electron chi connectivity index (χ3n) is 4.34. The van der Waals surface area contributed by atoms with Gasteiger partial charge in [0.15, 0.2) is 11.5 Å². The summed E-state index contributed by atoms with van der Waals surface area (Å²) in [5, 5.41) is 18.4. The molecule has 1 aromatic heterocycles. The number of methoxy groups -OCH3 is 1. The maximum Gasteiger partial charge on any atom is 0.161 e. The van der Waals surface area contributed by atoms with Crippen LogP contribution in [0.1, 0.15) is 22.4 Å². The third kappa shape index (κ3) is 2.73. The quantitative estimate of drug-likeness (QED) is 0.452. The largest absolute Gasteiger partial charge is 0.504 e. The summed E-state index contributed by atoms with van der Waals surface area (Å²) >= 11 is 0. The molecule has 0 fully saturated rings. The number of benzene rings is 2. The molecule has 0 atom stereocenters. The topological polar surface area (TPSA) is 67.1 Å². The summed E-state index contributed by atoms with van der Waals surface area (Å²) in [6, 6.07) is 15.3. The van der Waals surface area contributed by atoms with E-state index in [2.05, 4.69) is 27.3 Å². The van der Waals surface area contributed by atoms with Crippen molar-refractivity contribution in [2.24, 2.45) is 10.2 Å². The van der Waals surface area contributed by atoms with Crippen LogP contribution in [-0.4, -0.2) is 29.1 Å². The van der Waals surface area contributed by atoms with Crippen LogP contribution in [-0.2, 0) is 0 Å². The molecule has 2 aromatic carbocycles. The van der Waals surface area contributed by atoms with Gasteiger partial charge in [0.2, 0.25) is 0 Å². The monoisotopic (exact) mass is 343 g/mol. The van der Waals surface area contributed by atoms with Crippen molar-refractivity contribution in [3.05, 3.63) is 77.1 Å². The van der Waals surface area contributed by atoms with Crippen molar-refractivity contribution < 1.29 is 9.84 Å². The SMILES string of the molecule is COc1cc(/C=N/N=C2/c3ccccc3-c3cc(C)ncc32)ccc1O. The molecule has 1 aliphatic carbocycles. The summed E-state index contributed by atoms with van der Waals surface area (Å²) in [4.78, 5) is 4.41. The molecule has 0 bridgehead atoms. The van der Waals surface area contributed by atoms with Gasteiger partial charge in [0.25, 0.3) is 0 Å². The number of rotatable bonds is 3. The van der Waals surface area contributed by atoms with Crippen LogP contribution in [0.3, 0.4) is 0 Å². The zero-order valence-electron chi connectivity index (χ0n) is 14.5. The Labute approximate surface area is 151 Å². The highest BCUT2D eigenvalue weighted by Gasteiger charge is 2.25. The van der Waals surface area contributed by atoms with Crippen molar-refractivity contribution >= 4 is 11.9 Å². The Balaban J connectivity index is 1.74. The molecule has 5 heteroatoms. The molecule has 3 aromatic rings. The van der Waals surface area contributed by atoms with E-state index >= 15 is 0 Å². The van der Waals surface area contributed by atoms with E-state index in [-0.39, 0.29) is 5.75 Å². The van der Waals surface area contributed by atoms with Crippen molar-refractivity contribution in [2.45, 2.75) is 6.92 Å². The Morgan fingerprint density at radius 2 is 1.81 bits per heavy atom. The van der Waals surface area contributed by atoms with Crippen LogP contribution in [0, 0.1) is 6.92 Å². The van der Waals surface area contributed by atoms with Crippen molar-refractivity contribution in [3.63, 3.8) is 0 Å². The van der Waals surface area contributed by atoms with Gasteiger partial charge in [-0.1, -0.05) is 24.3 Å². The molecular formula is C21H17N3O2.